The Morgan fingerprint density at radius 2 is 1.94 bits per heavy atom. The molecule has 2 aliphatic rings. The SMILES string of the molecule is CCCOCCNC(=O)COc1cc(-c2scnc2C)ccc1CNC(=O)[C@@H]1C[C@@H](O)CN1C(=O)[C@@H](NC(=O)C1(F)CC1)C(C)(C)C. The number of nitrogens with one attached hydrogen (secondary N) is 3. The van der Waals surface area contributed by atoms with Gasteiger partial charge in [-0.3, -0.25) is 19.2 Å². The van der Waals surface area contributed by atoms with E-state index in [1.54, 1.807) is 38.4 Å². The molecule has 47 heavy (non-hydrogen) atoms. The van der Waals surface area contributed by atoms with Gasteiger partial charge in [-0.1, -0.05) is 39.8 Å². The Balaban J connectivity index is 1.46. The first-order valence-electron chi connectivity index (χ1n) is 16.0. The molecule has 2 aromatic rings. The maximum Gasteiger partial charge on any atom is 0.258 e. The van der Waals surface area contributed by atoms with Crippen LogP contribution in [0.25, 0.3) is 10.4 Å². The summed E-state index contributed by atoms with van der Waals surface area (Å²) in [6, 6.07) is 3.36. The average molecular weight is 676 g/mol. The molecule has 1 aromatic heterocycles. The highest BCUT2D eigenvalue weighted by atomic mass is 32.1. The number of likely N-dealkylation sites (tertiary alicyclic amines) is 1. The van der Waals surface area contributed by atoms with Crippen molar-refractivity contribution in [1.29, 1.82) is 0 Å². The lowest BCUT2D eigenvalue weighted by molar-refractivity contribution is -0.145. The summed E-state index contributed by atoms with van der Waals surface area (Å²) in [5, 5.41) is 18.7. The van der Waals surface area contributed by atoms with Crippen LogP contribution < -0.4 is 20.7 Å². The highest BCUT2D eigenvalue weighted by molar-refractivity contribution is 7.13. The summed E-state index contributed by atoms with van der Waals surface area (Å²) in [4.78, 5) is 58.8. The minimum absolute atomic E-state index is 0.00449. The molecule has 2 heterocycles. The van der Waals surface area contributed by atoms with Crippen LogP contribution in [0, 0.1) is 12.3 Å². The number of aliphatic hydroxyl groups excluding tert-OH is 1. The number of rotatable bonds is 15. The predicted molar refractivity (Wildman–Crippen MR) is 174 cm³/mol. The van der Waals surface area contributed by atoms with Crippen molar-refractivity contribution < 1.29 is 38.1 Å². The molecular weight excluding hydrogens is 629 g/mol. The van der Waals surface area contributed by atoms with E-state index in [4.69, 9.17) is 9.47 Å². The molecule has 0 bridgehead atoms. The Bertz CT molecular complexity index is 1440. The molecule has 4 N–H and O–H groups in total. The van der Waals surface area contributed by atoms with Gasteiger partial charge in [0.25, 0.3) is 11.8 Å². The van der Waals surface area contributed by atoms with Gasteiger partial charge in [0.1, 0.15) is 17.8 Å². The quantitative estimate of drug-likeness (QED) is 0.210. The van der Waals surface area contributed by atoms with Crippen LogP contribution in [-0.4, -0.2) is 95.4 Å². The van der Waals surface area contributed by atoms with Gasteiger partial charge in [-0.25, -0.2) is 9.37 Å². The third kappa shape index (κ3) is 9.48. The second-order valence-electron chi connectivity index (χ2n) is 13.2. The zero-order valence-electron chi connectivity index (χ0n) is 27.7. The fourth-order valence-corrected chi connectivity index (χ4v) is 6.08. The molecule has 1 aliphatic carbocycles. The standard InChI is InChI=1S/C33H46FN5O7S/c1-6-12-45-13-11-35-26(41)18-46-25-14-21(27-20(2)37-19-47-27)7-8-22(25)16-36-29(42)24-15-23(40)17-39(24)30(43)28(32(3,4)5)38-31(44)33(34)9-10-33/h7-8,14,19,23-24,28,40H,6,9-13,15-18H2,1-5H3,(H,35,41)(H,36,42)(H,38,44)/t23-,24+,28-/m1/s1. The predicted octanol–water partition coefficient (Wildman–Crippen LogP) is 2.65. The van der Waals surface area contributed by atoms with Crippen molar-refractivity contribution in [3.05, 3.63) is 35.0 Å². The summed E-state index contributed by atoms with van der Waals surface area (Å²) >= 11 is 1.47. The summed E-state index contributed by atoms with van der Waals surface area (Å²) in [7, 11) is 0. The summed E-state index contributed by atoms with van der Waals surface area (Å²) < 4.78 is 25.8. The number of carbonyl (C=O) groups excluding carboxylic acids is 4. The molecule has 1 aromatic carbocycles. The topological polar surface area (TPSA) is 159 Å². The van der Waals surface area contributed by atoms with Crippen LogP contribution in [0.2, 0.25) is 0 Å². The second-order valence-corrected chi connectivity index (χ2v) is 14.0. The maximum absolute atomic E-state index is 14.5. The van der Waals surface area contributed by atoms with E-state index in [2.05, 4.69) is 20.9 Å². The van der Waals surface area contributed by atoms with Crippen LogP contribution in [0.3, 0.4) is 0 Å². The minimum atomic E-state index is -1.97. The molecule has 4 amide bonds. The average Bonchev–Trinajstić information content (AvgIpc) is 3.43. The monoisotopic (exact) mass is 675 g/mol. The Morgan fingerprint density at radius 3 is 2.57 bits per heavy atom. The number of benzene rings is 1. The van der Waals surface area contributed by atoms with E-state index < -0.39 is 47.0 Å². The molecular formula is C33H46FN5O7S. The van der Waals surface area contributed by atoms with Crippen molar-refractivity contribution in [3.8, 4) is 16.2 Å². The summed E-state index contributed by atoms with van der Waals surface area (Å²) in [6.45, 7) is 10.2. The zero-order chi connectivity index (χ0) is 34.4. The molecule has 1 saturated carbocycles. The number of alkyl halides is 1. The van der Waals surface area contributed by atoms with Gasteiger partial charge >= 0.3 is 0 Å². The van der Waals surface area contributed by atoms with E-state index in [-0.39, 0.29) is 44.9 Å². The van der Waals surface area contributed by atoms with Crippen LogP contribution in [0.15, 0.2) is 23.7 Å². The molecule has 4 rings (SSSR count). The van der Waals surface area contributed by atoms with Crippen LogP contribution in [-0.2, 0) is 30.5 Å². The van der Waals surface area contributed by atoms with Gasteiger partial charge in [-0.15, -0.1) is 11.3 Å². The molecule has 0 unspecified atom stereocenters. The van der Waals surface area contributed by atoms with E-state index in [1.807, 2.05) is 19.9 Å². The number of nitrogens with zero attached hydrogens (tertiary/aromatic N) is 2. The lowest BCUT2D eigenvalue weighted by Crippen LogP contribution is -2.59. The lowest BCUT2D eigenvalue weighted by atomic mass is 9.85. The number of halogens is 1. The van der Waals surface area contributed by atoms with E-state index in [0.29, 0.717) is 31.1 Å². The smallest absolute Gasteiger partial charge is 0.258 e. The fraction of sp³-hybridized carbons (Fsp3) is 0.606. The van der Waals surface area contributed by atoms with Gasteiger partial charge in [-0.05, 0) is 43.2 Å². The summed E-state index contributed by atoms with van der Waals surface area (Å²) in [5.41, 5.74) is 1.27. The normalized spacial score (nSPS) is 19.2. The van der Waals surface area contributed by atoms with E-state index in [1.165, 1.54) is 16.2 Å². The minimum Gasteiger partial charge on any atom is -0.483 e. The van der Waals surface area contributed by atoms with E-state index in [0.717, 1.165) is 22.6 Å². The van der Waals surface area contributed by atoms with Crippen LogP contribution >= 0.6 is 11.3 Å². The maximum atomic E-state index is 14.5. The zero-order valence-corrected chi connectivity index (χ0v) is 28.5. The molecule has 0 radical (unpaired) electrons. The Kier molecular flexibility index (Phi) is 12.0. The molecule has 14 heteroatoms. The van der Waals surface area contributed by atoms with Gasteiger partial charge in [0.15, 0.2) is 12.3 Å². The third-order valence-electron chi connectivity index (χ3n) is 8.15. The van der Waals surface area contributed by atoms with Crippen molar-refractivity contribution in [3.63, 3.8) is 0 Å². The highest BCUT2D eigenvalue weighted by Gasteiger charge is 2.53. The Labute approximate surface area is 278 Å². The number of hydrogen-bond donors (Lipinski definition) is 4. The number of aromatic nitrogens is 1. The van der Waals surface area contributed by atoms with Crippen LogP contribution in [0.4, 0.5) is 4.39 Å². The van der Waals surface area contributed by atoms with Gasteiger partial charge in [0.2, 0.25) is 11.8 Å². The molecule has 258 valence electrons. The Hall–Kier alpha value is -3.62. The van der Waals surface area contributed by atoms with Crippen molar-refractivity contribution in [2.45, 2.75) is 90.7 Å². The summed E-state index contributed by atoms with van der Waals surface area (Å²) in [6.07, 6.45) is 0.149. The number of aliphatic hydroxyl groups is 1. The summed E-state index contributed by atoms with van der Waals surface area (Å²) in [5.74, 6) is -1.84. The van der Waals surface area contributed by atoms with E-state index in [9.17, 15) is 28.7 Å². The number of ether oxygens (including phenoxy) is 2. The van der Waals surface area contributed by atoms with Crippen molar-refractivity contribution in [2.75, 3.05) is 32.9 Å². The lowest BCUT2D eigenvalue weighted by Gasteiger charge is -2.35. The van der Waals surface area contributed by atoms with Gasteiger partial charge < -0.3 is 35.4 Å². The van der Waals surface area contributed by atoms with Crippen molar-refractivity contribution in [2.24, 2.45) is 5.41 Å². The largest absolute Gasteiger partial charge is 0.483 e. The first-order valence-corrected chi connectivity index (χ1v) is 16.9. The van der Waals surface area contributed by atoms with Crippen molar-refractivity contribution in [1.82, 2.24) is 25.8 Å². The molecule has 2 fully saturated rings. The highest BCUT2D eigenvalue weighted by Crippen LogP contribution is 2.40. The van der Waals surface area contributed by atoms with Crippen LogP contribution in [0.1, 0.15) is 64.6 Å². The molecule has 0 spiro atoms. The first-order chi connectivity index (χ1) is 22.2. The number of thiazole rings is 1. The van der Waals surface area contributed by atoms with E-state index >= 15 is 0 Å². The molecule has 12 nitrogen and oxygen atoms in total. The first kappa shape index (κ1) is 36.2. The van der Waals surface area contributed by atoms with Crippen molar-refractivity contribution >= 4 is 35.0 Å². The van der Waals surface area contributed by atoms with Gasteiger partial charge in [0.05, 0.1) is 28.8 Å². The fourth-order valence-electron chi connectivity index (χ4n) is 5.28. The number of hydrogen-bond acceptors (Lipinski definition) is 9. The van der Waals surface area contributed by atoms with Gasteiger partial charge in [0, 0.05) is 38.2 Å². The molecule has 1 aliphatic heterocycles. The molecule has 3 atom stereocenters. The number of amides is 4. The van der Waals surface area contributed by atoms with Gasteiger partial charge in [-0.2, -0.15) is 0 Å². The number of carbonyl (C=O) groups is 4. The Morgan fingerprint density at radius 1 is 1.19 bits per heavy atom. The number of β-amino-alcohol motifs (C(OH)–C–C–N with tert-alkyl or cyclic N) is 1. The third-order valence-corrected chi connectivity index (χ3v) is 9.13. The molecule has 1 saturated heterocycles. The number of aryl methyl sites for hydroxylation is 1. The van der Waals surface area contributed by atoms with Crippen LogP contribution in [0.5, 0.6) is 5.75 Å². The second kappa shape index (κ2) is 15.5.